The summed E-state index contributed by atoms with van der Waals surface area (Å²) in [6.07, 6.45) is 2.44. The highest BCUT2D eigenvalue weighted by atomic mass is 32.2. The van der Waals surface area contributed by atoms with Gasteiger partial charge in [-0.25, -0.2) is 0 Å². The van der Waals surface area contributed by atoms with Gasteiger partial charge in [-0.3, -0.25) is 14.9 Å². The summed E-state index contributed by atoms with van der Waals surface area (Å²) >= 11 is 1.29. The van der Waals surface area contributed by atoms with E-state index in [1.807, 2.05) is 30.3 Å². The molecule has 0 saturated heterocycles. The molecule has 0 aliphatic heterocycles. The van der Waals surface area contributed by atoms with Gasteiger partial charge in [0, 0.05) is 24.7 Å². The molecule has 7 heteroatoms. The van der Waals surface area contributed by atoms with Crippen molar-refractivity contribution in [2.75, 3.05) is 19.3 Å². The summed E-state index contributed by atoms with van der Waals surface area (Å²) in [7, 11) is 0. The molecule has 0 aromatic heterocycles. The van der Waals surface area contributed by atoms with Crippen LogP contribution in [-0.2, 0) is 6.54 Å². The highest BCUT2D eigenvalue weighted by Crippen LogP contribution is 2.28. The molecule has 0 aliphatic rings. The normalized spacial score (nSPS) is 10.5. The van der Waals surface area contributed by atoms with Crippen LogP contribution in [0.25, 0.3) is 0 Å². The van der Waals surface area contributed by atoms with Crippen molar-refractivity contribution in [3.8, 4) is 0 Å². The van der Waals surface area contributed by atoms with E-state index in [2.05, 4.69) is 0 Å². The number of nitrogens with zero attached hydrogens (tertiary/aromatic N) is 2. The quantitative estimate of drug-likeness (QED) is 0.444. The summed E-state index contributed by atoms with van der Waals surface area (Å²) in [4.78, 5) is 25.9. The molecule has 2 aromatic carbocycles. The first-order valence-electron chi connectivity index (χ1n) is 7.92. The van der Waals surface area contributed by atoms with Crippen molar-refractivity contribution in [3.05, 3.63) is 69.8 Å². The van der Waals surface area contributed by atoms with E-state index in [0.29, 0.717) is 36.5 Å². The Morgan fingerprint density at radius 1 is 1.24 bits per heavy atom. The van der Waals surface area contributed by atoms with Crippen LogP contribution >= 0.6 is 11.8 Å². The number of hydrogen-bond acceptors (Lipinski definition) is 5. The van der Waals surface area contributed by atoms with E-state index in [-0.39, 0.29) is 11.6 Å². The molecule has 2 N–H and O–H groups in total. The van der Waals surface area contributed by atoms with Crippen molar-refractivity contribution >= 4 is 23.4 Å². The van der Waals surface area contributed by atoms with Gasteiger partial charge >= 0.3 is 0 Å². The molecule has 0 aliphatic carbocycles. The lowest BCUT2D eigenvalue weighted by Gasteiger charge is -2.23. The zero-order valence-electron chi connectivity index (χ0n) is 14.1. The maximum Gasteiger partial charge on any atom is 0.283 e. The lowest BCUT2D eigenvalue weighted by atomic mass is 10.1. The highest BCUT2D eigenvalue weighted by molar-refractivity contribution is 7.98. The zero-order valence-corrected chi connectivity index (χ0v) is 14.9. The van der Waals surface area contributed by atoms with Crippen LogP contribution < -0.4 is 5.73 Å². The molecular weight excluding hydrogens is 338 g/mol. The van der Waals surface area contributed by atoms with Crippen LogP contribution in [-0.4, -0.2) is 35.1 Å². The van der Waals surface area contributed by atoms with Crippen LogP contribution in [0, 0.1) is 10.1 Å². The summed E-state index contributed by atoms with van der Waals surface area (Å²) < 4.78 is 0. The molecule has 0 atom stereocenters. The van der Waals surface area contributed by atoms with E-state index < -0.39 is 4.92 Å². The molecule has 6 nitrogen and oxygen atoms in total. The van der Waals surface area contributed by atoms with Gasteiger partial charge in [-0.15, -0.1) is 11.8 Å². The van der Waals surface area contributed by atoms with E-state index in [0.717, 1.165) is 5.56 Å². The fourth-order valence-corrected chi connectivity index (χ4v) is 3.03. The van der Waals surface area contributed by atoms with Crippen molar-refractivity contribution in [1.29, 1.82) is 0 Å². The monoisotopic (exact) mass is 359 g/mol. The molecule has 2 aromatic rings. The summed E-state index contributed by atoms with van der Waals surface area (Å²) in [5.41, 5.74) is 6.86. The minimum absolute atomic E-state index is 0.0446. The lowest BCUT2D eigenvalue weighted by molar-refractivity contribution is -0.387. The molecule has 25 heavy (non-hydrogen) atoms. The second-order valence-electron chi connectivity index (χ2n) is 5.50. The maximum atomic E-state index is 12.9. The topological polar surface area (TPSA) is 89.5 Å². The fourth-order valence-electron chi connectivity index (χ4n) is 2.49. The van der Waals surface area contributed by atoms with Crippen LogP contribution in [0.2, 0.25) is 0 Å². The predicted molar refractivity (Wildman–Crippen MR) is 99.7 cm³/mol. The van der Waals surface area contributed by atoms with Gasteiger partial charge < -0.3 is 10.6 Å². The third-order valence-corrected chi connectivity index (χ3v) is 4.54. The van der Waals surface area contributed by atoms with E-state index in [1.54, 1.807) is 23.3 Å². The van der Waals surface area contributed by atoms with Gasteiger partial charge in [-0.05, 0) is 36.9 Å². The third-order valence-electron chi connectivity index (χ3n) is 3.76. The highest BCUT2D eigenvalue weighted by Gasteiger charge is 2.21. The number of thioether (sulfide) groups is 1. The van der Waals surface area contributed by atoms with Crippen LogP contribution in [0.4, 0.5) is 5.69 Å². The van der Waals surface area contributed by atoms with Crippen molar-refractivity contribution in [2.45, 2.75) is 17.9 Å². The SMILES string of the molecule is CSc1ccc(C(=O)N(CCCN)Cc2ccccc2)cc1[N+](=O)[O-]. The van der Waals surface area contributed by atoms with Gasteiger partial charge in [0.2, 0.25) is 0 Å². The van der Waals surface area contributed by atoms with Crippen LogP contribution in [0.15, 0.2) is 53.4 Å². The first-order chi connectivity index (χ1) is 12.1. The Labute approximate surface area is 151 Å². The molecule has 0 fully saturated rings. The average Bonchev–Trinajstić information content (AvgIpc) is 2.64. The second-order valence-corrected chi connectivity index (χ2v) is 6.35. The molecule has 1 amide bonds. The molecule has 2 rings (SSSR count). The minimum atomic E-state index is -0.454. The van der Waals surface area contributed by atoms with Crippen LogP contribution in [0.5, 0.6) is 0 Å². The first-order valence-corrected chi connectivity index (χ1v) is 9.15. The van der Waals surface area contributed by atoms with Crippen molar-refractivity contribution in [3.63, 3.8) is 0 Å². The Balaban J connectivity index is 2.29. The summed E-state index contributed by atoms with van der Waals surface area (Å²) in [6.45, 7) is 1.42. The van der Waals surface area contributed by atoms with E-state index in [1.165, 1.54) is 17.8 Å². The number of nitro benzene ring substituents is 1. The number of nitro groups is 1. The minimum Gasteiger partial charge on any atom is -0.334 e. The Morgan fingerprint density at radius 2 is 1.96 bits per heavy atom. The Kier molecular flexibility index (Phi) is 6.97. The molecule has 0 spiro atoms. The van der Waals surface area contributed by atoms with Crippen LogP contribution in [0.3, 0.4) is 0 Å². The number of benzene rings is 2. The van der Waals surface area contributed by atoms with Gasteiger partial charge in [-0.1, -0.05) is 30.3 Å². The number of carbonyl (C=O) groups is 1. The first kappa shape index (κ1) is 19.0. The average molecular weight is 359 g/mol. The molecular formula is C18H21N3O3S. The van der Waals surface area contributed by atoms with Gasteiger partial charge in [-0.2, -0.15) is 0 Å². The number of carbonyl (C=O) groups excluding carboxylic acids is 1. The van der Waals surface area contributed by atoms with Gasteiger partial charge in [0.25, 0.3) is 11.6 Å². The second kappa shape index (κ2) is 9.19. The Hall–Kier alpha value is -2.38. The predicted octanol–water partition coefficient (Wildman–Crippen LogP) is 3.31. The van der Waals surface area contributed by atoms with Gasteiger partial charge in [0.1, 0.15) is 0 Å². The summed E-state index contributed by atoms with van der Waals surface area (Å²) in [5, 5.41) is 11.2. The number of hydrogen-bond donors (Lipinski definition) is 1. The largest absolute Gasteiger partial charge is 0.334 e. The molecule has 132 valence electrons. The molecule has 0 unspecified atom stereocenters. The summed E-state index contributed by atoms with van der Waals surface area (Å²) in [6, 6.07) is 14.3. The molecule has 0 bridgehead atoms. The van der Waals surface area contributed by atoms with Crippen molar-refractivity contribution in [1.82, 2.24) is 4.90 Å². The van der Waals surface area contributed by atoms with Crippen LogP contribution in [0.1, 0.15) is 22.3 Å². The lowest BCUT2D eigenvalue weighted by Crippen LogP contribution is -2.32. The standard InChI is InChI=1S/C18H21N3O3S/c1-25-17-9-8-15(12-16(17)21(23)24)18(22)20(11-5-10-19)13-14-6-3-2-4-7-14/h2-4,6-9,12H,5,10-11,13,19H2,1H3. The number of amides is 1. The van der Waals surface area contributed by atoms with Crippen molar-refractivity contribution < 1.29 is 9.72 Å². The van der Waals surface area contributed by atoms with Gasteiger partial charge in [0.05, 0.1) is 9.82 Å². The smallest absolute Gasteiger partial charge is 0.283 e. The molecule has 0 heterocycles. The van der Waals surface area contributed by atoms with Crippen molar-refractivity contribution in [2.24, 2.45) is 5.73 Å². The Bertz CT molecular complexity index is 738. The third kappa shape index (κ3) is 5.04. The summed E-state index contributed by atoms with van der Waals surface area (Å²) in [5.74, 6) is -0.229. The molecule has 0 radical (unpaired) electrons. The van der Waals surface area contributed by atoms with E-state index in [9.17, 15) is 14.9 Å². The number of rotatable bonds is 8. The Morgan fingerprint density at radius 3 is 2.56 bits per heavy atom. The fraction of sp³-hybridized carbons (Fsp3) is 0.278. The maximum absolute atomic E-state index is 12.9. The van der Waals surface area contributed by atoms with E-state index in [4.69, 9.17) is 5.73 Å². The number of nitrogens with two attached hydrogens (primary N) is 1. The van der Waals surface area contributed by atoms with E-state index >= 15 is 0 Å². The van der Waals surface area contributed by atoms with Gasteiger partial charge in [0.15, 0.2) is 0 Å². The molecule has 0 saturated carbocycles. The zero-order chi connectivity index (χ0) is 18.2.